The molecule has 0 aromatic carbocycles. The second-order valence-corrected chi connectivity index (χ2v) is 5.12. The topological polar surface area (TPSA) is 6.48 Å². The molecule has 0 bridgehead atoms. The molecular weight excluding hydrogens is 184 g/mol. The predicted octanol–water partition coefficient (Wildman–Crippen LogP) is 2.30. The first-order chi connectivity index (χ1) is 7.16. The molecule has 2 aliphatic heterocycles. The van der Waals surface area contributed by atoms with Crippen LogP contribution < -0.4 is 0 Å². The van der Waals surface area contributed by atoms with Crippen LogP contribution in [0.5, 0.6) is 0 Å². The van der Waals surface area contributed by atoms with E-state index in [4.69, 9.17) is 0 Å². The third-order valence-electron chi connectivity index (χ3n) is 3.76. The third-order valence-corrected chi connectivity index (χ3v) is 3.76. The number of rotatable bonds is 1. The maximum Gasteiger partial charge on any atom is 0.00388 e. The minimum Gasteiger partial charge on any atom is -0.306 e. The first-order valence-electron chi connectivity index (χ1n) is 6.59. The Morgan fingerprint density at radius 3 is 2.20 bits per heavy atom. The van der Waals surface area contributed by atoms with Crippen molar-refractivity contribution in [2.45, 2.75) is 40.2 Å². The predicted molar refractivity (Wildman–Crippen MR) is 67.2 cm³/mol. The smallest absolute Gasteiger partial charge is 0.00388 e. The summed E-state index contributed by atoms with van der Waals surface area (Å²) in [5, 5.41) is 0. The fraction of sp³-hybridized carbons (Fsp3) is 1.00. The summed E-state index contributed by atoms with van der Waals surface area (Å²) < 4.78 is 0. The quantitative estimate of drug-likeness (QED) is 0.658. The van der Waals surface area contributed by atoms with E-state index in [0.29, 0.717) is 0 Å². The molecule has 2 saturated heterocycles. The van der Waals surface area contributed by atoms with E-state index < -0.39 is 0 Å². The van der Waals surface area contributed by atoms with Crippen LogP contribution >= 0.6 is 0 Å². The van der Waals surface area contributed by atoms with Gasteiger partial charge in [0.2, 0.25) is 0 Å². The molecule has 0 amide bonds. The highest BCUT2D eigenvalue weighted by Gasteiger charge is 2.36. The van der Waals surface area contributed by atoms with Crippen LogP contribution in [0, 0.1) is 11.8 Å². The van der Waals surface area contributed by atoms with Crippen LogP contribution in [0.15, 0.2) is 0 Å². The molecule has 0 radical (unpaired) electrons. The summed E-state index contributed by atoms with van der Waals surface area (Å²) in [7, 11) is 2.26. The normalized spacial score (nSPS) is 32.4. The maximum absolute atomic E-state index is 2.65. The summed E-state index contributed by atoms with van der Waals surface area (Å²) in [5.41, 5.74) is 0. The van der Waals surface area contributed by atoms with Gasteiger partial charge in [-0.1, -0.05) is 13.8 Å². The molecule has 0 spiro atoms. The summed E-state index contributed by atoms with van der Waals surface area (Å²) in [6.45, 7) is 14.0. The molecule has 0 saturated carbocycles. The van der Waals surface area contributed by atoms with Gasteiger partial charge in [-0.3, -0.25) is 0 Å². The second kappa shape index (κ2) is 5.86. The highest BCUT2D eigenvalue weighted by molar-refractivity contribution is 4.90. The molecule has 2 aliphatic rings. The molecule has 2 rings (SSSR count). The molecule has 2 nitrogen and oxygen atoms in total. The van der Waals surface area contributed by atoms with E-state index in [1.807, 2.05) is 13.8 Å². The van der Waals surface area contributed by atoms with Crippen LogP contribution in [-0.4, -0.2) is 49.1 Å². The second-order valence-electron chi connectivity index (χ2n) is 5.12. The van der Waals surface area contributed by atoms with Gasteiger partial charge in [-0.25, -0.2) is 0 Å². The van der Waals surface area contributed by atoms with Gasteiger partial charge in [0.05, 0.1) is 0 Å². The van der Waals surface area contributed by atoms with E-state index in [9.17, 15) is 0 Å². The molecule has 2 fully saturated rings. The van der Waals surface area contributed by atoms with Crippen molar-refractivity contribution < 1.29 is 0 Å². The summed E-state index contributed by atoms with van der Waals surface area (Å²) in [6.07, 6.45) is 1.42. The summed E-state index contributed by atoms with van der Waals surface area (Å²) >= 11 is 0. The molecule has 2 unspecified atom stereocenters. The van der Waals surface area contributed by atoms with Crippen molar-refractivity contribution in [3.8, 4) is 0 Å². The number of hydrogen-bond acceptors (Lipinski definition) is 2. The number of fused-ring (bicyclic) bond motifs is 1. The Balaban J connectivity index is 0.000000531. The van der Waals surface area contributed by atoms with E-state index in [0.717, 1.165) is 17.9 Å². The van der Waals surface area contributed by atoms with E-state index in [1.54, 1.807) is 0 Å². The van der Waals surface area contributed by atoms with Gasteiger partial charge in [0, 0.05) is 25.7 Å². The molecule has 2 heterocycles. The van der Waals surface area contributed by atoms with Crippen molar-refractivity contribution in [3.63, 3.8) is 0 Å². The fourth-order valence-electron chi connectivity index (χ4n) is 2.81. The largest absolute Gasteiger partial charge is 0.306 e. The Kier molecular flexibility index (Phi) is 5.07. The minimum absolute atomic E-state index is 0.746. The molecule has 0 N–H and O–H groups in total. The summed E-state index contributed by atoms with van der Waals surface area (Å²) in [4.78, 5) is 5.14. The minimum atomic E-state index is 0.746. The third kappa shape index (κ3) is 3.18. The number of piperidine rings is 1. The molecular formula is C13H28N2. The lowest BCUT2D eigenvalue weighted by Gasteiger charge is -2.31. The standard InChI is InChI=1S/C11H22N2.C2H6/c1-9(2)13-7-10-4-5-12(3)6-11(10)8-13;1-2/h9-11H,4-8H2,1-3H3;1-2H3. The van der Waals surface area contributed by atoms with Crippen LogP contribution in [0.1, 0.15) is 34.1 Å². The lowest BCUT2D eigenvalue weighted by atomic mass is 9.89. The van der Waals surface area contributed by atoms with E-state index in [2.05, 4.69) is 30.7 Å². The van der Waals surface area contributed by atoms with Gasteiger partial charge in [0.25, 0.3) is 0 Å². The number of nitrogens with zero attached hydrogens (tertiary/aromatic N) is 2. The van der Waals surface area contributed by atoms with Crippen LogP contribution in [0.25, 0.3) is 0 Å². The Hall–Kier alpha value is -0.0800. The molecule has 15 heavy (non-hydrogen) atoms. The zero-order chi connectivity index (χ0) is 11.4. The lowest BCUT2D eigenvalue weighted by Crippen LogP contribution is -2.37. The van der Waals surface area contributed by atoms with E-state index in [1.165, 1.54) is 32.6 Å². The van der Waals surface area contributed by atoms with Crippen molar-refractivity contribution in [1.82, 2.24) is 9.80 Å². The van der Waals surface area contributed by atoms with Crippen molar-refractivity contribution in [3.05, 3.63) is 0 Å². The molecule has 2 atom stereocenters. The summed E-state index contributed by atoms with van der Waals surface area (Å²) in [6, 6.07) is 0.746. The maximum atomic E-state index is 2.65. The molecule has 0 aromatic rings. The van der Waals surface area contributed by atoms with Gasteiger partial charge in [-0.2, -0.15) is 0 Å². The van der Waals surface area contributed by atoms with Crippen LogP contribution in [-0.2, 0) is 0 Å². The average molecular weight is 212 g/mol. The monoisotopic (exact) mass is 212 g/mol. The van der Waals surface area contributed by atoms with Crippen molar-refractivity contribution in [2.75, 3.05) is 33.2 Å². The van der Waals surface area contributed by atoms with Crippen molar-refractivity contribution >= 4 is 0 Å². The number of hydrogen-bond donors (Lipinski definition) is 0. The summed E-state index contributed by atoms with van der Waals surface area (Å²) in [5.74, 6) is 1.96. The van der Waals surface area contributed by atoms with Crippen LogP contribution in [0.3, 0.4) is 0 Å². The Morgan fingerprint density at radius 1 is 1.00 bits per heavy atom. The Labute approximate surface area is 95.6 Å². The van der Waals surface area contributed by atoms with E-state index in [-0.39, 0.29) is 0 Å². The lowest BCUT2D eigenvalue weighted by molar-refractivity contribution is 0.178. The molecule has 2 heteroatoms. The van der Waals surface area contributed by atoms with Crippen LogP contribution in [0.2, 0.25) is 0 Å². The zero-order valence-electron chi connectivity index (χ0n) is 11.2. The molecule has 90 valence electrons. The zero-order valence-corrected chi connectivity index (χ0v) is 11.2. The first-order valence-corrected chi connectivity index (χ1v) is 6.59. The van der Waals surface area contributed by atoms with Crippen molar-refractivity contribution in [1.29, 1.82) is 0 Å². The highest BCUT2D eigenvalue weighted by atomic mass is 15.2. The van der Waals surface area contributed by atoms with E-state index >= 15 is 0 Å². The Morgan fingerprint density at radius 2 is 1.60 bits per heavy atom. The molecule has 0 aliphatic carbocycles. The van der Waals surface area contributed by atoms with Gasteiger partial charge in [0.1, 0.15) is 0 Å². The SMILES string of the molecule is CC.CC(C)N1CC2CCN(C)CC2C1. The molecule has 0 aromatic heterocycles. The average Bonchev–Trinajstić information content (AvgIpc) is 2.63. The van der Waals surface area contributed by atoms with Gasteiger partial charge >= 0.3 is 0 Å². The Bertz CT molecular complexity index is 179. The highest BCUT2D eigenvalue weighted by Crippen LogP contribution is 2.31. The van der Waals surface area contributed by atoms with Crippen LogP contribution in [0.4, 0.5) is 0 Å². The van der Waals surface area contributed by atoms with Gasteiger partial charge in [0.15, 0.2) is 0 Å². The van der Waals surface area contributed by atoms with Crippen molar-refractivity contribution in [2.24, 2.45) is 11.8 Å². The van der Waals surface area contributed by atoms with Gasteiger partial charge in [-0.05, 0) is 45.7 Å². The fourth-order valence-corrected chi connectivity index (χ4v) is 2.81. The number of likely N-dealkylation sites (tertiary alicyclic amines) is 2. The first kappa shape index (κ1) is 13.0. The van der Waals surface area contributed by atoms with Gasteiger partial charge < -0.3 is 9.80 Å². The van der Waals surface area contributed by atoms with Gasteiger partial charge in [-0.15, -0.1) is 0 Å².